The van der Waals surface area contributed by atoms with Gasteiger partial charge in [-0.3, -0.25) is 14.3 Å². The molecule has 2 aromatic heterocycles. The largest absolute Gasteiger partial charge is 0.354 e. The average Bonchev–Trinajstić information content (AvgIpc) is 3.40. The molecule has 1 atom stereocenters. The van der Waals surface area contributed by atoms with Gasteiger partial charge in [0.2, 0.25) is 5.91 Å². The molecule has 0 radical (unpaired) electrons. The Labute approximate surface area is 190 Å². The number of nitrogens with zero attached hydrogens (tertiary/aromatic N) is 3. The van der Waals surface area contributed by atoms with Crippen molar-refractivity contribution in [3.63, 3.8) is 0 Å². The molecule has 8 heteroatoms. The predicted octanol–water partition coefficient (Wildman–Crippen LogP) is 4.30. The Morgan fingerprint density at radius 2 is 2.10 bits per heavy atom. The highest BCUT2D eigenvalue weighted by atomic mass is 35.5. The topological polar surface area (TPSA) is 67.2 Å². The minimum absolute atomic E-state index is 0.0740. The molecule has 1 aliphatic rings. The van der Waals surface area contributed by atoms with Crippen LogP contribution in [-0.4, -0.2) is 40.1 Å². The van der Waals surface area contributed by atoms with E-state index in [9.17, 15) is 9.59 Å². The Bertz CT molecular complexity index is 1170. The lowest BCUT2D eigenvalue weighted by Crippen LogP contribution is -2.37. The third kappa shape index (κ3) is 3.91. The smallest absolute Gasteiger partial charge is 0.272 e. The average molecular weight is 455 g/mol. The summed E-state index contributed by atoms with van der Waals surface area (Å²) in [6, 6.07) is 9.97. The van der Waals surface area contributed by atoms with Crippen molar-refractivity contribution >= 4 is 34.8 Å². The molecular formula is C23H23ClN4O2S. The van der Waals surface area contributed by atoms with Gasteiger partial charge in [-0.15, -0.1) is 11.3 Å². The lowest BCUT2D eigenvalue weighted by atomic mass is 9.84. The van der Waals surface area contributed by atoms with Gasteiger partial charge >= 0.3 is 0 Å². The number of aryl methyl sites for hydroxylation is 1. The van der Waals surface area contributed by atoms with Gasteiger partial charge in [0, 0.05) is 42.7 Å². The highest BCUT2D eigenvalue weighted by molar-refractivity contribution is 7.16. The molecule has 0 bridgehead atoms. The van der Waals surface area contributed by atoms with E-state index in [4.69, 9.17) is 11.6 Å². The van der Waals surface area contributed by atoms with Crippen molar-refractivity contribution in [2.24, 2.45) is 0 Å². The molecule has 3 aromatic rings. The van der Waals surface area contributed by atoms with Crippen LogP contribution in [0.25, 0.3) is 11.1 Å². The van der Waals surface area contributed by atoms with E-state index < -0.39 is 0 Å². The zero-order valence-electron chi connectivity index (χ0n) is 17.4. The number of benzene rings is 1. The van der Waals surface area contributed by atoms with Crippen LogP contribution >= 0.6 is 22.9 Å². The number of nitrogens with one attached hydrogen (secondary N) is 1. The zero-order chi connectivity index (χ0) is 22.1. The van der Waals surface area contributed by atoms with E-state index in [1.807, 2.05) is 43.5 Å². The van der Waals surface area contributed by atoms with Gasteiger partial charge in [0.15, 0.2) is 5.69 Å². The number of halogens is 1. The van der Waals surface area contributed by atoms with Gasteiger partial charge in [0.05, 0.1) is 10.9 Å². The van der Waals surface area contributed by atoms with Crippen molar-refractivity contribution in [1.82, 2.24) is 20.0 Å². The van der Waals surface area contributed by atoms with E-state index in [2.05, 4.69) is 17.0 Å². The number of amides is 2. The number of carbonyl (C=O) groups is 2. The standard InChI is InChI=1S/C23H23ClN4O2S/c1-4-21(29)27-11-17(16-10-20(24)31-19(16)13-27)14-8-6-7-9-15(14)18-12-28(5-2)26-22(18)23(30)25-3/h4,6-10,12,17H,1,5,11,13H2,2-3H3,(H,25,30)/t17-/m0/s1. The second-order valence-corrected chi connectivity index (χ2v) is 9.09. The van der Waals surface area contributed by atoms with Crippen molar-refractivity contribution in [2.45, 2.75) is 25.9 Å². The van der Waals surface area contributed by atoms with Crippen molar-refractivity contribution in [3.8, 4) is 11.1 Å². The van der Waals surface area contributed by atoms with E-state index in [0.717, 1.165) is 27.1 Å². The Hall–Kier alpha value is -2.90. The number of rotatable bonds is 5. The van der Waals surface area contributed by atoms with Crippen LogP contribution in [0.1, 0.15) is 39.3 Å². The zero-order valence-corrected chi connectivity index (χ0v) is 19.0. The number of fused-ring (bicyclic) bond motifs is 1. The molecule has 160 valence electrons. The van der Waals surface area contributed by atoms with Crippen LogP contribution in [0.5, 0.6) is 0 Å². The van der Waals surface area contributed by atoms with E-state index in [1.165, 1.54) is 17.4 Å². The van der Waals surface area contributed by atoms with Gasteiger partial charge in [-0.2, -0.15) is 5.10 Å². The summed E-state index contributed by atoms with van der Waals surface area (Å²) in [6.45, 7) is 7.31. The second kappa shape index (κ2) is 8.69. The number of carbonyl (C=O) groups excluding carboxylic acids is 2. The van der Waals surface area contributed by atoms with E-state index >= 15 is 0 Å². The molecule has 31 heavy (non-hydrogen) atoms. The van der Waals surface area contributed by atoms with Crippen LogP contribution in [0.2, 0.25) is 4.34 Å². The van der Waals surface area contributed by atoms with Crippen LogP contribution in [0, 0.1) is 0 Å². The molecule has 2 amide bonds. The van der Waals surface area contributed by atoms with Gasteiger partial charge in [-0.05, 0) is 35.8 Å². The summed E-state index contributed by atoms with van der Waals surface area (Å²) < 4.78 is 2.46. The molecule has 0 aliphatic carbocycles. The predicted molar refractivity (Wildman–Crippen MR) is 124 cm³/mol. The highest BCUT2D eigenvalue weighted by Gasteiger charge is 2.32. The SMILES string of the molecule is C=CC(=O)N1Cc2sc(Cl)cc2[C@H](c2ccccc2-c2cn(CC)nc2C(=O)NC)C1. The van der Waals surface area contributed by atoms with Gasteiger partial charge in [0.25, 0.3) is 5.91 Å². The van der Waals surface area contributed by atoms with E-state index in [-0.39, 0.29) is 17.7 Å². The van der Waals surface area contributed by atoms with E-state index in [0.29, 0.717) is 29.7 Å². The Kier molecular flexibility index (Phi) is 5.98. The van der Waals surface area contributed by atoms with Crippen molar-refractivity contribution in [1.29, 1.82) is 0 Å². The lowest BCUT2D eigenvalue weighted by molar-refractivity contribution is -0.127. The first-order chi connectivity index (χ1) is 15.0. The number of hydrogen-bond donors (Lipinski definition) is 1. The van der Waals surface area contributed by atoms with Gasteiger partial charge < -0.3 is 10.2 Å². The van der Waals surface area contributed by atoms with Crippen LogP contribution in [-0.2, 0) is 17.9 Å². The molecular weight excluding hydrogens is 432 g/mol. The summed E-state index contributed by atoms with van der Waals surface area (Å²) in [4.78, 5) is 27.9. The van der Waals surface area contributed by atoms with Crippen LogP contribution in [0.3, 0.4) is 0 Å². The third-order valence-corrected chi connectivity index (χ3v) is 6.83. The maximum absolute atomic E-state index is 12.5. The van der Waals surface area contributed by atoms with Crippen LogP contribution in [0.15, 0.2) is 49.2 Å². The number of thiophene rings is 1. The van der Waals surface area contributed by atoms with Crippen molar-refractivity contribution < 1.29 is 9.59 Å². The highest BCUT2D eigenvalue weighted by Crippen LogP contribution is 2.43. The summed E-state index contributed by atoms with van der Waals surface area (Å²) in [7, 11) is 1.60. The molecule has 0 unspecified atom stereocenters. The summed E-state index contributed by atoms with van der Waals surface area (Å²) >= 11 is 7.86. The van der Waals surface area contributed by atoms with Gasteiger partial charge in [0.1, 0.15) is 0 Å². The molecule has 1 aromatic carbocycles. The summed E-state index contributed by atoms with van der Waals surface area (Å²) in [5.41, 5.74) is 4.23. The fourth-order valence-electron chi connectivity index (χ4n) is 4.06. The molecule has 0 fully saturated rings. The second-order valence-electron chi connectivity index (χ2n) is 7.32. The quantitative estimate of drug-likeness (QED) is 0.584. The maximum atomic E-state index is 12.5. The molecule has 3 heterocycles. The summed E-state index contributed by atoms with van der Waals surface area (Å²) in [5.74, 6) is -0.416. The molecule has 0 spiro atoms. The lowest BCUT2D eigenvalue weighted by Gasteiger charge is -2.33. The minimum atomic E-state index is -0.233. The number of aromatic nitrogens is 2. The van der Waals surface area contributed by atoms with Gasteiger partial charge in [-0.1, -0.05) is 42.4 Å². The molecule has 0 saturated carbocycles. The normalized spacial score (nSPS) is 15.5. The Morgan fingerprint density at radius 3 is 2.81 bits per heavy atom. The monoisotopic (exact) mass is 454 g/mol. The summed E-state index contributed by atoms with van der Waals surface area (Å²) in [6.07, 6.45) is 3.25. The molecule has 0 saturated heterocycles. The van der Waals surface area contributed by atoms with Crippen molar-refractivity contribution in [2.75, 3.05) is 13.6 Å². The fourth-order valence-corrected chi connectivity index (χ4v) is 5.42. The number of hydrogen-bond acceptors (Lipinski definition) is 4. The molecule has 6 nitrogen and oxygen atoms in total. The molecule has 4 rings (SSSR count). The minimum Gasteiger partial charge on any atom is -0.354 e. The van der Waals surface area contributed by atoms with E-state index in [1.54, 1.807) is 16.6 Å². The first-order valence-electron chi connectivity index (χ1n) is 10.0. The van der Waals surface area contributed by atoms with Crippen molar-refractivity contribution in [3.05, 3.63) is 75.2 Å². The molecule has 1 aliphatic heterocycles. The third-order valence-electron chi connectivity index (χ3n) is 5.56. The fraction of sp³-hybridized carbons (Fsp3) is 0.261. The summed E-state index contributed by atoms with van der Waals surface area (Å²) in [5, 5.41) is 7.16. The first kappa shape index (κ1) is 21.3. The first-order valence-corrected chi connectivity index (χ1v) is 11.2. The Balaban J connectivity index is 1.88. The van der Waals surface area contributed by atoms with Crippen LogP contribution in [0.4, 0.5) is 0 Å². The maximum Gasteiger partial charge on any atom is 0.272 e. The molecule has 1 N–H and O–H groups in total. The van der Waals surface area contributed by atoms with Crippen LogP contribution < -0.4 is 5.32 Å². The Morgan fingerprint density at radius 1 is 1.32 bits per heavy atom. The van der Waals surface area contributed by atoms with Gasteiger partial charge in [-0.25, -0.2) is 0 Å².